The second-order valence-electron chi connectivity index (χ2n) is 5.45. The molecule has 0 aliphatic rings. The van der Waals surface area contributed by atoms with Crippen molar-refractivity contribution in [1.29, 1.82) is 0 Å². The Kier molecular flexibility index (Phi) is 5.37. The first kappa shape index (κ1) is 17.1. The number of nitrogens with one attached hydrogen (secondary N) is 1. The molecule has 0 atom stereocenters. The summed E-state index contributed by atoms with van der Waals surface area (Å²) < 4.78 is 5.63. The summed E-state index contributed by atoms with van der Waals surface area (Å²) in [6.45, 7) is 0.522. The molecule has 1 N–H and O–H groups in total. The average Bonchev–Trinajstić information content (AvgIpc) is 3.06. The van der Waals surface area contributed by atoms with Gasteiger partial charge in [0.05, 0.1) is 18.1 Å². The Morgan fingerprint density at radius 1 is 1.20 bits per heavy atom. The summed E-state index contributed by atoms with van der Waals surface area (Å²) in [6, 6.07) is 12.8. The van der Waals surface area contributed by atoms with Gasteiger partial charge in [0.15, 0.2) is 0 Å². The summed E-state index contributed by atoms with van der Waals surface area (Å²) in [6.07, 6.45) is 1.48. The maximum Gasteiger partial charge on any atom is 0.247 e. The molecule has 1 amide bonds. The van der Waals surface area contributed by atoms with E-state index in [1.807, 2.05) is 30.3 Å². The Balaban J connectivity index is 1.54. The number of hydrogen-bond donors (Lipinski definition) is 1. The van der Waals surface area contributed by atoms with Crippen molar-refractivity contribution in [3.8, 4) is 11.5 Å². The molecule has 2 aromatic heterocycles. The molecule has 25 heavy (non-hydrogen) atoms. The van der Waals surface area contributed by atoms with Crippen molar-refractivity contribution in [3.63, 3.8) is 0 Å². The van der Waals surface area contributed by atoms with E-state index in [1.165, 1.54) is 6.20 Å². The fourth-order valence-corrected chi connectivity index (χ4v) is 2.29. The number of amides is 1. The molecule has 0 radical (unpaired) electrons. The van der Waals surface area contributed by atoms with Crippen LogP contribution in [0.15, 0.2) is 53.1 Å². The van der Waals surface area contributed by atoms with Crippen molar-refractivity contribution in [2.45, 2.75) is 6.54 Å². The largest absolute Gasteiger partial charge is 0.419 e. The SMILES string of the molecule is CN(CC(=O)Nc1ccc(Cl)cn1)Cc1nnc(-c2ccccc2)o1. The van der Waals surface area contributed by atoms with Crippen molar-refractivity contribution in [2.75, 3.05) is 18.9 Å². The first-order chi connectivity index (χ1) is 12.1. The van der Waals surface area contributed by atoms with Gasteiger partial charge in [-0.05, 0) is 31.3 Å². The monoisotopic (exact) mass is 357 g/mol. The standard InChI is InChI=1S/C17H16ClN5O2/c1-23(10-15(24)20-14-8-7-13(18)9-19-14)11-16-21-22-17(25-16)12-5-3-2-4-6-12/h2-9H,10-11H2,1H3,(H,19,20,24). The number of benzene rings is 1. The van der Waals surface area contributed by atoms with Crippen molar-refractivity contribution in [2.24, 2.45) is 0 Å². The molecule has 0 saturated carbocycles. The number of carbonyl (C=O) groups is 1. The van der Waals surface area contributed by atoms with Crippen LogP contribution in [0.25, 0.3) is 11.5 Å². The van der Waals surface area contributed by atoms with Crippen LogP contribution >= 0.6 is 11.6 Å². The number of halogens is 1. The third kappa shape index (κ3) is 4.85. The molecule has 3 aromatic rings. The fourth-order valence-electron chi connectivity index (χ4n) is 2.18. The summed E-state index contributed by atoms with van der Waals surface area (Å²) in [4.78, 5) is 17.8. The van der Waals surface area contributed by atoms with Crippen LogP contribution in [-0.2, 0) is 11.3 Å². The van der Waals surface area contributed by atoms with E-state index in [0.29, 0.717) is 29.2 Å². The Morgan fingerprint density at radius 2 is 2.00 bits per heavy atom. The Morgan fingerprint density at radius 3 is 2.72 bits per heavy atom. The molecule has 7 nitrogen and oxygen atoms in total. The molecular weight excluding hydrogens is 342 g/mol. The van der Waals surface area contributed by atoms with Crippen molar-refractivity contribution in [1.82, 2.24) is 20.1 Å². The number of rotatable bonds is 6. The zero-order valence-electron chi connectivity index (χ0n) is 13.5. The van der Waals surface area contributed by atoms with E-state index in [4.69, 9.17) is 16.0 Å². The second kappa shape index (κ2) is 7.87. The lowest BCUT2D eigenvalue weighted by Gasteiger charge is -2.13. The van der Waals surface area contributed by atoms with Gasteiger partial charge in [-0.25, -0.2) is 4.98 Å². The van der Waals surface area contributed by atoms with Gasteiger partial charge in [0.2, 0.25) is 17.7 Å². The predicted octanol–water partition coefficient (Wildman–Crippen LogP) is 2.86. The molecule has 2 heterocycles. The smallest absolute Gasteiger partial charge is 0.247 e. The Labute approximate surface area is 149 Å². The van der Waals surface area contributed by atoms with Crippen LogP contribution in [0.2, 0.25) is 5.02 Å². The number of anilines is 1. The van der Waals surface area contributed by atoms with E-state index >= 15 is 0 Å². The quantitative estimate of drug-likeness (QED) is 0.730. The van der Waals surface area contributed by atoms with Crippen molar-refractivity contribution >= 4 is 23.3 Å². The molecule has 128 valence electrons. The molecule has 0 fully saturated rings. The number of aromatic nitrogens is 3. The Bertz CT molecular complexity index is 836. The zero-order chi connectivity index (χ0) is 17.6. The number of hydrogen-bond acceptors (Lipinski definition) is 6. The maximum atomic E-state index is 12.0. The highest BCUT2D eigenvalue weighted by Gasteiger charge is 2.13. The first-order valence-electron chi connectivity index (χ1n) is 7.58. The summed E-state index contributed by atoms with van der Waals surface area (Å²) in [5, 5.41) is 11.3. The third-order valence-electron chi connectivity index (χ3n) is 3.30. The first-order valence-corrected chi connectivity index (χ1v) is 7.96. The summed E-state index contributed by atoms with van der Waals surface area (Å²) in [7, 11) is 1.79. The predicted molar refractivity (Wildman–Crippen MR) is 93.9 cm³/mol. The lowest BCUT2D eigenvalue weighted by Crippen LogP contribution is -2.30. The van der Waals surface area contributed by atoms with Gasteiger partial charge in [-0.1, -0.05) is 29.8 Å². The van der Waals surface area contributed by atoms with E-state index in [-0.39, 0.29) is 12.5 Å². The highest BCUT2D eigenvalue weighted by Crippen LogP contribution is 2.17. The van der Waals surface area contributed by atoms with E-state index in [9.17, 15) is 4.79 Å². The van der Waals surface area contributed by atoms with Crippen LogP contribution in [-0.4, -0.2) is 39.6 Å². The molecule has 0 saturated heterocycles. The topological polar surface area (TPSA) is 84.2 Å². The minimum Gasteiger partial charge on any atom is -0.419 e. The lowest BCUT2D eigenvalue weighted by molar-refractivity contribution is -0.117. The summed E-state index contributed by atoms with van der Waals surface area (Å²) in [5.41, 5.74) is 0.857. The van der Waals surface area contributed by atoms with Gasteiger partial charge in [-0.2, -0.15) is 0 Å². The van der Waals surface area contributed by atoms with Gasteiger partial charge in [0.25, 0.3) is 0 Å². The maximum absolute atomic E-state index is 12.0. The molecule has 3 rings (SSSR count). The second-order valence-corrected chi connectivity index (χ2v) is 5.89. The normalized spacial score (nSPS) is 10.8. The molecule has 0 spiro atoms. The Hall–Kier alpha value is -2.77. The highest BCUT2D eigenvalue weighted by atomic mass is 35.5. The van der Waals surface area contributed by atoms with Gasteiger partial charge in [-0.3, -0.25) is 9.69 Å². The molecular formula is C17H16ClN5O2. The van der Waals surface area contributed by atoms with Crippen molar-refractivity contribution < 1.29 is 9.21 Å². The minimum absolute atomic E-state index is 0.160. The van der Waals surface area contributed by atoms with Crippen LogP contribution in [0.5, 0.6) is 0 Å². The van der Waals surface area contributed by atoms with Gasteiger partial charge in [-0.15, -0.1) is 10.2 Å². The van der Waals surface area contributed by atoms with Crippen molar-refractivity contribution in [3.05, 3.63) is 59.6 Å². The van der Waals surface area contributed by atoms with Crippen LogP contribution in [0.1, 0.15) is 5.89 Å². The summed E-state index contributed by atoms with van der Waals surface area (Å²) in [5.74, 6) is 1.16. The van der Waals surface area contributed by atoms with Crippen LogP contribution < -0.4 is 5.32 Å². The molecule has 0 bridgehead atoms. The molecule has 8 heteroatoms. The van der Waals surface area contributed by atoms with Gasteiger partial charge in [0, 0.05) is 11.8 Å². The van der Waals surface area contributed by atoms with Crippen LogP contribution in [0, 0.1) is 0 Å². The average molecular weight is 358 g/mol. The van der Waals surface area contributed by atoms with E-state index < -0.39 is 0 Å². The molecule has 0 aliphatic carbocycles. The summed E-state index contributed by atoms with van der Waals surface area (Å²) >= 11 is 5.76. The molecule has 0 unspecified atom stereocenters. The number of nitrogens with zero attached hydrogens (tertiary/aromatic N) is 4. The van der Waals surface area contributed by atoms with Gasteiger partial charge in [0.1, 0.15) is 5.82 Å². The van der Waals surface area contributed by atoms with E-state index in [1.54, 1.807) is 24.1 Å². The highest BCUT2D eigenvalue weighted by molar-refractivity contribution is 6.30. The van der Waals surface area contributed by atoms with E-state index in [0.717, 1.165) is 5.56 Å². The lowest BCUT2D eigenvalue weighted by atomic mass is 10.2. The van der Waals surface area contributed by atoms with Crippen LogP contribution in [0.3, 0.4) is 0 Å². The third-order valence-corrected chi connectivity index (χ3v) is 3.52. The zero-order valence-corrected chi connectivity index (χ0v) is 14.3. The number of carbonyl (C=O) groups excluding carboxylic acids is 1. The van der Waals surface area contributed by atoms with Gasteiger partial charge >= 0.3 is 0 Å². The fraction of sp³-hybridized carbons (Fsp3) is 0.176. The molecule has 0 aliphatic heterocycles. The van der Waals surface area contributed by atoms with Crippen LogP contribution in [0.4, 0.5) is 5.82 Å². The molecule has 1 aromatic carbocycles. The van der Waals surface area contributed by atoms with Gasteiger partial charge < -0.3 is 9.73 Å². The minimum atomic E-state index is -0.194. The van der Waals surface area contributed by atoms with E-state index in [2.05, 4.69) is 20.5 Å². The number of likely N-dealkylation sites (N-methyl/N-ethyl adjacent to an activating group) is 1. The number of pyridine rings is 1.